The molecule has 0 amide bonds. The van der Waals surface area contributed by atoms with Crippen LogP contribution in [0.3, 0.4) is 0 Å². The maximum Gasteiger partial charge on any atom is 0.149 e. The van der Waals surface area contributed by atoms with Gasteiger partial charge in [-0.25, -0.2) is 9.37 Å². The van der Waals surface area contributed by atoms with Crippen LogP contribution in [0, 0.1) is 5.82 Å². The normalized spacial score (nSPS) is 10.9. The van der Waals surface area contributed by atoms with Crippen LogP contribution in [0.15, 0.2) is 36.4 Å². The molecule has 0 unspecified atom stereocenters. The van der Waals surface area contributed by atoms with Crippen molar-refractivity contribution in [1.29, 1.82) is 0 Å². The van der Waals surface area contributed by atoms with Crippen LogP contribution < -0.4 is 5.73 Å². The van der Waals surface area contributed by atoms with E-state index in [-0.39, 0.29) is 17.3 Å². The first kappa shape index (κ1) is 10.6. The Morgan fingerprint density at radius 2 is 2.06 bits per heavy atom. The van der Waals surface area contributed by atoms with Gasteiger partial charge in [0.15, 0.2) is 0 Å². The maximum absolute atomic E-state index is 13.1. The van der Waals surface area contributed by atoms with Gasteiger partial charge in [-0.05, 0) is 30.3 Å². The third kappa shape index (κ3) is 1.57. The molecule has 90 valence electrons. The monoisotopic (exact) mass is 243 g/mol. The Labute approximate surface area is 102 Å². The van der Waals surface area contributed by atoms with Crippen LogP contribution in [0.2, 0.25) is 0 Å². The van der Waals surface area contributed by atoms with Crippen LogP contribution in [0.4, 0.5) is 10.1 Å². The Hall–Kier alpha value is -2.56. The number of benzene rings is 2. The molecule has 4 nitrogen and oxygen atoms in total. The summed E-state index contributed by atoms with van der Waals surface area (Å²) in [5, 5.41) is 9.87. The number of H-pyrrole nitrogens is 1. The first-order valence-electron chi connectivity index (χ1n) is 5.38. The number of rotatable bonds is 1. The molecule has 1 heterocycles. The largest absolute Gasteiger partial charge is 0.505 e. The molecule has 0 spiro atoms. The van der Waals surface area contributed by atoms with Crippen molar-refractivity contribution in [3.63, 3.8) is 0 Å². The van der Waals surface area contributed by atoms with Crippen molar-refractivity contribution in [3.05, 3.63) is 42.2 Å². The minimum absolute atomic E-state index is 0.0305. The zero-order valence-corrected chi connectivity index (χ0v) is 9.31. The molecular formula is C13H10FN3O. The fourth-order valence-electron chi connectivity index (χ4n) is 1.86. The molecule has 3 rings (SSSR count). The molecule has 0 aliphatic heterocycles. The van der Waals surface area contributed by atoms with E-state index in [0.717, 1.165) is 0 Å². The highest BCUT2D eigenvalue weighted by molar-refractivity contribution is 5.82. The Kier molecular flexibility index (Phi) is 2.19. The molecule has 0 fully saturated rings. The molecular weight excluding hydrogens is 233 g/mol. The number of nitrogens with one attached hydrogen (secondary N) is 1. The number of nitrogen functional groups attached to an aromatic ring is 1. The molecule has 0 atom stereocenters. The zero-order chi connectivity index (χ0) is 12.7. The first-order valence-corrected chi connectivity index (χ1v) is 5.38. The number of aromatic nitrogens is 2. The van der Waals surface area contributed by atoms with Crippen LogP contribution in [0.25, 0.3) is 22.4 Å². The lowest BCUT2D eigenvalue weighted by Crippen LogP contribution is -1.88. The van der Waals surface area contributed by atoms with Crippen LogP contribution in [-0.2, 0) is 0 Å². The summed E-state index contributed by atoms with van der Waals surface area (Å²) in [4.78, 5) is 7.24. The number of aromatic hydroxyl groups is 1. The van der Waals surface area contributed by atoms with Gasteiger partial charge in [0.05, 0.1) is 22.3 Å². The standard InChI is InChI=1S/C13H10FN3O/c14-7-4-5-10-11(6-7)17-13(16-10)8-2-1-3-9(15)12(8)18/h1-6,18H,15H2,(H,16,17). The van der Waals surface area contributed by atoms with Crippen LogP contribution >= 0.6 is 0 Å². The van der Waals surface area contributed by atoms with Gasteiger partial charge in [-0.1, -0.05) is 6.07 Å². The van der Waals surface area contributed by atoms with Crippen molar-refractivity contribution in [2.45, 2.75) is 0 Å². The molecule has 5 heteroatoms. The number of phenols is 1. The molecule has 0 aliphatic rings. The summed E-state index contributed by atoms with van der Waals surface area (Å²) in [7, 11) is 0. The highest BCUT2D eigenvalue weighted by Gasteiger charge is 2.11. The SMILES string of the molecule is Nc1cccc(-c2nc3ccc(F)cc3[nH]2)c1O. The summed E-state index contributed by atoms with van der Waals surface area (Å²) in [5.74, 6) is 0.0897. The number of hydrogen-bond acceptors (Lipinski definition) is 3. The Balaban J connectivity index is 2.22. The minimum Gasteiger partial charge on any atom is -0.505 e. The Bertz CT molecular complexity index is 736. The summed E-state index contributed by atoms with van der Waals surface area (Å²) in [6.07, 6.45) is 0. The average Bonchev–Trinajstić information content (AvgIpc) is 2.75. The first-order chi connectivity index (χ1) is 8.65. The number of hydrogen-bond donors (Lipinski definition) is 3. The number of nitrogens with two attached hydrogens (primary N) is 1. The van der Waals surface area contributed by atoms with Gasteiger partial charge in [-0.2, -0.15) is 0 Å². The van der Waals surface area contributed by atoms with Gasteiger partial charge < -0.3 is 15.8 Å². The second-order valence-corrected chi connectivity index (χ2v) is 3.99. The lowest BCUT2D eigenvalue weighted by molar-refractivity contribution is 0.479. The fraction of sp³-hybridized carbons (Fsp3) is 0. The van der Waals surface area contributed by atoms with Crippen molar-refractivity contribution >= 4 is 16.7 Å². The molecule has 4 N–H and O–H groups in total. The quantitative estimate of drug-likeness (QED) is 0.454. The maximum atomic E-state index is 13.1. The molecule has 0 radical (unpaired) electrons. The van der Waals surface area contributed by atoms with Crippen molar-refractivity contribution in [2.24, 2.45) is 0 Å². The number of anilines is 1. The lowest BCUT2D eigenvalue weighted by Gasteiger charge is -2.03. The predicted molar refractivity (Wildman–Crippen MR) is 67.6 cm³/mol. The van der Waals surface area contributed by atoms with E-state index in [1.807, 2.05) is 0 Å². The number of para-hydroxylation sites is 1. The third-order valence-corrected chi connectivity index (χ3v) is 2.77. The molecule has 1 aromatic heterocycles. The number of fused-ring (bicyclic) bond motifs is 1. The van der Waals surface area contributed by atoms with Gasteiger partial charge in [0.25, 0.3) is 0 Å². The van der Waals surface area contributed by atoms with Gasteiger partial charge in [0.1, 0.15) is 17.4 Å². The van der Waals surface area contributed by atoms with Gasteiger partial charge in [-0.15, -0.1) is 0 Å². The van der Waals surface area contributed by atoms with Gasteiger partial charge in [-0.3, -0.25) is 0 Å². The van der Waals surface area contributed by atoms with E-state index < -0.39 is 0 Å². The molecule has 0 saturated carbocycles. The van der Waals surface area contributed by atoms with Crippen molar-refractivity contribution in [2.75, 3.05) is 5.73 Å². The summed E-state index contributed by atoms with van der Waals surface area (Å²) in [6, 6.07) is 9.29. The molecule has 18 heavy (non-hydrogen) atoms. The molecule has 2 aromatic carbocycles. The number of aromatic amines is 1. The van der Waals surface area contributed by atoms with Gasteiger partial charge in [0.2, 0.25) is 0 Å². The smallest absolute Gasteiger partial charge is 0.149 e. The molecule has 0 bridgehead atoms. The summed E-state index contributed by atoms with van der Waals surface area (Å²) >= 11 is 0. The zero-order valence-electron chi connectivity index (χ0n) is 9.31. The molecule has 3 aromatic rings. The van der Waals surface area contributed by atoms with Crippen molar-refractivity contribution < 1.29 is 9.50 Å². The number of halogens is 1. The summed E-state index contributed by atoms with van der Waals surface area (Å²) in [5.41, 5.74) is 7.60. The van der Waals surface area contributed by atoms with E-state index in [4.69, 9.17) is 5.73 Å². The highest BCUT2D eigenvalue weighted by atomic mass is 19.1. The topological polar surface area (TPSA) is 74.9 Å². The number of imidazole rings is 1. The van der Waals surface area contributed by atoms with Crippen molar-refractivity contribution in [1.82, 2.24) is 9.97 Å². The fourth-order valence-corrected chi connectivity index (χ4v) is 1.86. The molecule has 0 aliphatic carbocycles. The van der Waals surface area contributed by atoms with E-state index in [1.165, 1.54) is 12.1 Å². The predicted octanol–water partition coefficient (Wildman–Crippen LogP) is 2.66. The second kappa shape index (κ2) is 3.73. The Morgan fingerprint density at radius 1 is 1.22 bits per heavy atom. The van der Waals surface area contributed by atoms with E-state index in [1.54, 1.807) is 24.3 Å². The number of nitrogens with zero attached hydrogens (tertiary/aromatic N) is 1. The Morgan fingerprint density at radius 3 is 2.89 bits per heavy atom. The van der Waals surface area contributed by atoms with Gasteiger partial charge in [0, 0.05) is 0 Å². The van der Waals surface area contributed by atoms with Gasteiger partial charge >= 0.3 is 0 Å². The van der Waals surface area contributed by atoms with E-state index in [9.17, 15) is 9.50 Å². The highest BCUT2D eigenvalue weighted by Crippen LogP contribution is 2.32. The molecule has 0 saturated heterocycles. The summed E-state index contributed by atoms with van der Waals surface area (Å²) < 4.78 is 13.1. The second-order valence-electron chi connectivity index (χ2n) is 3.99. The van der Waals surface area contributed by atoms with E-state index in [2.05, 4.69) is 9.97 Å². The van der Waals surface area contributed by atoms with E-state index in [0.29, 0.717) is 22.4 Å². The summed E-state index contributed by atoms with van der Waals surface area (Å²) in [6.45, 7) is 0. The lowest BCUT2D eigenvalue weighted by atomic mass is 10.1. The van der Waals surface area contributed by atoms with Crippen LogP contribution in [0.5, 0.6) is 5.75 Å². The number of phenolic OH excluding ortho intramolecular Hbond substituents is 1. The van der Waals surface area contributed by atoms with Crippen molar-refractivity contribution in [3.8, 4) is 17.1 Å². The average molecular weight is 243 g/mol. The minimum atomic E-state index is -0.338. The van der Waals surface area contributed by atoms with E-state index >= 15 is 0 Å². The third-order valence-electron chi connectivity index (χ3n) is 2.77. The van der Waals surface area contributed by atoms with Crippen LogP contribution in [0.1, 0.15) is 0 Å². The van der Waals surface area contributed by atoms with Crippen LogP contribution in [-0.4, -0.2) is 15.1 Å².